The summed E-state index contributed by atoms with van der Waals surface area (Å²) in [7, 11) is 0.606. The van der Waals surface area contributed by atoms with Gasteiger partial charge in [0.05, 0.1) is 9.79 Å². The van der Waals surface area contributed by atoms with Crippen LogP contribution in [-0.4, -0.2) is 17.5 Å². The van der Waals surface area contributed by atoms with E-state index in [1.54, 1.807) is 36.4 Å². The minimum Gasteiger partial charge on any atom is -0.302 e. The van der Waals surface area contributed by atoms with Crippen molar-refractivity contribution in [2.24, 2.45) is 0 Å². The van der Waals surface area contributed by atoms with E-state index in [1.807, 2.05) is 12.1 Å². The summed E-state index contributed by atoms with van der Waals surface area (Å²) in [5, 5.41) is 0. The van der Waals surface area contributed by atoms with Gasteiger partial charge < -0.3 is 9.11 Å². The second kappa shape index (κ2) is 7.92. The van der Waals surface area contributed by atoms with Crippen molar-refractivity contribution in [3.05, 3.63) is 59.7 Å². The van der Waals surface area contributed by atoms with E-state index < -0.39 is 22.2 Å². The molecule has 0 aliphatic carbocycles. The Morgan fingerprint density at radius 2 is 1.24 bits per heavy atom. The molecule has 0 aliphatic rings. The smallest absolute Gasteiger partial charge is 0.186 e. The monoisotopic (exact) mass is 342 g/mol. The fourth-order valence-corrected chi connectivity index (χ4v) is 3.92. The van der Waals surface area contributed by atoms with Crippen molar-refractivity contribution >= 4 is 30.7 Å². The predicted octanol–water partition coefficient (Wildman–Crippen LogP) is 3.23. The van der Waals surface area contributed by atoms with Gasteiger partial charge in [-0.2, -0.15) is 0 Å². The van der Waals surface area contributed by atoms with Gasteiger partial charge in [0.1, 0.15) is 0 Å². The largest absolute Gasteiger partial charge is 0.302 e. The van der Waals surface area contributed by atoms with Gasteiger partial charge in [-0.3, -0.25) is 0 Å². The average Bonchev–Trinajstić information content (AvgIpc) is 2.48. The van der Waals surface area contributed by atoms with Crippen molar-refractivity contribution in [1.29, 1.82) is 0 Å². The van der Waals surface area contributed by atoms with Crippen molar-refractivity contribution in [3.63, 3.8) is 0 Å². The van der Waals surface area contributed by atoms with E-state index in [2.05, 4.69) is 0 Å². The molecular weight excluding hydrogens is 327 g/mol. The molecule has 0 fully saturated rings. The zero-order valence-electron chi connectivity index (χ0n) is 11.1. The molecule has 2 aromatic carbocycles. The summed E-state index contributed by atoms with van der Waals surface area (Å²) in [4.78, 5) is 0.824. The second-order valence-corrected chi connectivity index (χ2v) is 7.54. The Labute approximate surface area is 130 Å². The molecule has 2 rings (SSSR count). The molecule has 0 bridgehead atoms. The molecule has 0 heterocycles. The molecule has 0 saturated carbocycles. The lowest BCUT2D eigenvalue weighted by molar-refractivity contribution is 0.563. The summed E-state index contributed by atoms with van der Waals surface area (Å²) >= 11 is -3.90. The normalized spacial score (nSPS) is 14.4. The summed E-state index contributed by atoms with van der Waals surface area (Å²) < 4.78 is 40.1. The third kappa shape index (κ3) is 5.09. The summed E-state index contributed by atoms with van der Waals surface area (Å²) in [5.74, 6) is 0. The highest BCUT2D eigenvalue weighted by atomic mass is 32.2. The third-order valence-electron chi connectivity index (χ3n) is 2.86. The van der Waals surface area contributed by atoms with Gasteiger partial charge in [-0.05, 0) is 47.7 Å². The zero-order valence-corrected chi connectivity index (χ0v) is 13.7. The van der Waals surface area contributed by atoms with E-state index >= 15 is 0 Å². The molecule has 0 saturated heterocycles. The van der Waals surface area contributed by atoms with Crippen LogP contribution in [0.5, 0.6) is 0 Å². The standard InChI is InChI=1S/C14H15O4PS2/c15-20(16)13-5-1-3-11(7-13)9-19-10-12-4-2-6-14(8-12)21(17)18/h1-8,19H,9-10H2,(H,15,16)(H,17,18). The minimum absolute atomic E-state index is 0.412. The van der Waals surface area contributed by atoms with Crippen LogP contribution < -0.4 is 0 Å². The van der Waals surface area contributed by atoms with Gasteiger partial charge in [0, 0.05) is 0 Å². The van der Waals surface area contributed by atoms with E-state index in [0.717, 1.165) is 23.5 Å². The van der Waals surface area contributed by atoms with Crippen LogP contribution in [0.1, 0.15) is 11.1 Å². The molecule has 21 heavy (non-hydrogen) atoms. The molecule has 0 aromatic heterocycles. The highest BCUT2D eigenvalue weighted by Crippen LogP contribution is 2.25. The molecule has 0 spiro atoms. The predicted molar refractivity (Wildman–Crippen MR) is 86.7 cm³/mol. The lowest BCUT2D eigenvalue weighted by atomic mass is 10.2. The fraction of sp³-hybridized carbons (Fsp3) is 0.143. The molecule has 0 amide bonds. The van der Waals surface area contributed by atoms with Gasteiger partial charge >= 0.3 is 0 Å². The van der Waals surface area contributed by atoms with Crippen molar-refractivity contribution < 1.29 is 17.5 Å². The Kier molecular flexibility index (Phi) is 6.21. The average molecular weight is 342 g/mol. The van der Waals surface area contributed by atoms with E-state index in [1.165, 1.54) is 0 Å². The summed E-state index contributed by atoms with van der Waals surface area (Å²) in [5.41, 5.74) is 2.05. The first-order chi connectivity index (χ1) is 10.1. The Morgan fingerprint density at radius 1 is 0.810 bits per heavy atom. The topological polar surface area (TPSA) is 74.6 Å². The Morgan fingerprint density at radius 3 is 1.62 bits per heavy atom. The molecule has 2 atom stereocenters. The van der Waals surface area contributed by atoms with Crippen LogP contribution in [0.2, 0.25) is 0 Å². The van der Waals surface area contributed by atoms with Crippen molar-refractivity contribution in [3.8, 4) is 0 Å². The Hall–Kier alpha value is -0.910. The van der Waals surface area contributed by atoms with Crippen molar-refractivity contribution in [1.82, 2.24) is 0 Å². The molecule has 0 radical (unpaired) electrons. The molecule has 2 unspecified atom stereocenters. The van der Waals surface area contributed by atoms with E-state index in [4.69, 9.17) is 9.11 Å². The third-order valence-corrected chi connectivity index (χ3v) is 5.49. The van der Waals surface area contributed by atoms with Crippen LogP contribution in [0.3, 0.4) is 0 Å². The molecule has 2 N–H and O–H groups in total. The quantitative estimate of drug-likeness (QED) is 0.624. The van der Waals surface area contributed by atoms with Gasteiger partial charge in [-0.1, -0.05) is 24.3 Å². The van der Waals surface area contributed by atoms with E-state index in [0.29, 0.717) is 18.4 Å². The first kappa shape index (κ1) is 16.5. The van der Waals surface area contributed by atoms with Crippen LogP contribution in [0.4, 0.5) is 0 Å². The maximum Gasteiger partial charge on any atom is 0.186 e. The van der Waals surface area contributed by atoms with Gasteiger partial charge in [0.2, 0.25) is 0 Å². The van der Waals surface area contributed by atoms with Gasteiger partial charge in [-0.15, -0.1) is 8.58 Å². The van der Waals surface area contributed by atoms with Gasteiger partial charge in [-0.25, -0.2) is 8.42 Å². The first-order valence-electron chi connectivity index (χ1n) is 6.16. The van der Waals surface area contributed by atoms with Crippen LogP contribution in [-0.2, 0) is 34.5 Å². The molecule has 112 valence electrons. The number of hydrogen-bond acceptors (Lipinski definition) is 2. The van der Waals surface area contributed by atoms with E-state index in [-0.39, 0.29) is 0 Å². The van der Waals surface area contributed by atoms with Crippen LogP contribution in [0, 0.1) is 0 Å². The van der Waals surface area contributed by atoms with Crippen LogP contribution >= 0.6 is 8.58 Å². The maximum atomic E-state index is 11.0. The second-order valence-electron chi connectivity index (χ2n) is 4.40. The van der Waals surface area contributed by atoms with Crippen LogP contribution in [0.25, 0.3) is 0 Å². The zero-order chi connectivity index (χ0) is 15.2. The highest BCUT2D eigenvalue weighted by molar-refractivity contribution is 7.79. The number of benzene rings is 2. The Balaban J connectivity index is 1.95. The van der Waals surface area contributed by atoms with Crippen molar-refractivity contribution in [2.75, 3.05) is 0 Å². The molecular formula is C14H15O4PS2. The number of rotatable bonds is 6. The van der Waals surface area contributed by atoms with Gasteiger partial charge in [0.25, 0.3) is 0 Å². The SMILES string of the molecule is O=S(O)c1cccc(CPCc2cccc(S(=O)O)c2)c1. The molecule has 2 aromatic rings. The minimum atomic E-state index is -1.95. The lowest BCUT2D eigenvalue weighted by Crippen LogP contribution is -1.91. The lowest BCUT2D eigenvalue weighted by Gasteiger charge is -2.05. The van der Waals surface area contributed by atoms with Crippen molar-refractivity contribution in [2.45, 2.75) is 22.1 Å². The van der Waals surface area contributed by atoms with Gasteiger partial charge in [0.15, 0.2) is 22.2 Å². The molecule has 4 nitrogen and oxygen atoms in total. The van der Waals surface area contributed by atoms with E-state index in [9.17, 15) is 8.42 Å². The highest BCUT2D eigenvalue weighted by Gasteiger charge is 2.03. The summed E-state index contributed by atoms with van der Waals surface area (Å²) in [6.45, 7) is 0. The molecule has 7 heteroatoms. The summed E-state index contributed by atoms with van der Waals surface area (Å²) in [6.07, 6.45) is 1.63. The Bertz CT molecular complexity index is 618. The summed E-state index contributed by atoms with van der Waals surface area (Å²) in [6, 6.07) is 14.2. The first-order valence-corrected chi connectivity index (χ1v) is 9.79. The molecule has 0 aliphatic heterocycles. The maximum absolute atomic E-state index is 11.0. The number of hydrogen-bond donors (Lipinski definition) is 2. The fourth-order valence-electron chi connectivity index (χ4n) is 1.88. The van der Waals surface area contributed by atoms with Crippen LogP contribution in [0.15, 0.2) is 58.3 Å².